The van der Waals surface area contributed by atoms with Crippen LogP contribution in [0.1, 0.15) is 42.5 Å². The van der Waals surface area contributed by atoms with Gasteiger partial charge in [0.05, 0.1) is 5.52 Å². The first kappa shape index (κ1) is 13.9. The van der Waals surface area contributed by atoms with Crippen molar-refractivity contribution >= 4 is 32.8 Å². The predicted octanol–water partition coefficient (Wildman–Crippen LogP) is 3.82. The van der Waals surface area contributed by atoms with E-state index in [1.54, 1.807) is 12.1 Å². The van der Waals surface area contributed by atoms with Gasteiger partial charge in [0.2, 0.25) is 0 Å². The zero-order chi connectivity index (χ0) is 13.8. The fraction of sp³-hybridized carbons (Fsp3) is 0.357. The van der Waals surface area contributed by atoms with Gasteiger partial charge in [-0.1, -0.05) is 35.7 Å². The number of halogens is 1. The summed E-state index contributed by atoms with van der Waals surface area (Å²) in [6.45, 7) is 2.13. The quantitative estimate of drug-likeness (QED) is 0.850. The van der Waals surface area contributed by atoms with Gasteiger partial charge in [-0.2, -0.15) is 0 Å². The SMILES string of the molecule is CCCCCc1nc(C(=O)O)c2ccc(Br)cc2n1. The first-order valence-electron chi connectivity index (χ1n) is 6.31. The Morgan fingerprint density at radius 1 is 1.32 bits per heavy atom. The Kier molecular flexibility index (Phi) is 4.47. The zero-order valence-electron chi connectivity index (χ0n) is 10.7. The Labute approximate surface area is 120 Å². The van der Waals surface area contributed by atoms with Crippen LogP contribution in [0.2, 0.25) is 0 Å². The molecule has 1 aromatic heterocycles. The van der Waals surface area contributed by atoms with E-state index in [-0.39, 0.29) is 5.69 Å². The number of carboxylic acids is 1. The number of fused-ring (bicyclic) bond motifs is 1. The molecule has 1 aromatic carbocycles. The van der Waals surface area contributed by atoms with Crippen LogP contribution in [0.3, 0.4) is 0 Å². The average Bonchev–Trinajstić information content (AvgIpc) is 2.37. The summed E-state index contributed by atoms with van der Waals surface area (Å²) in [6.07, 6.45) is 3.92. The van der Waals surface area contributed by atoms with Crippen molar-refractivity contribution in [1.82, 2.24) is 9.97 Å². The number of hydrogen-bond acceptors (Lipinski definition) is 3. The first-order valence-corrected chi connectivity index (χ1v) is 7.10. The van der Waals surface area contributed by atoms with Crippen LogP contribution in [-0.2, 0) is 6.42 Å². The second kappa shape index (κ2) is 6.10. The normalized spacial score (nSPS) is 10.8. The van der Waals surface area contributed by atoms with Crippen LogP contribution in [0.4, 0.5) is 0 Å². The van der Waals surface area contributed by atoms with E-state index in [1.807, 2.05) is 6.07 Å². The Bertz CT molecular complexity index is 614. The number of nitrogens with zero attached hydrogens (tertiary/aromatic N) is 2. The van der Waals surface area contributed by atoms with Gasteiger partial charge in [-0.25, -0.2) is 14.8 Å². The number of aromatic carboxylic acids is 1. The highest BCUT2D eigenvalue weighted by Gasteiger charge is 2.13. The van der Waals surface area contributed by atoms with Gasteiger partial charge in [0.15, 0.2) is 5.69 Å². The largest absolute Gasteiger partial charge is 0.476 e. The Hall–Kier alpha value is -1.49. The highest BCUT2D eigenvalue weighted by atomic mass is 79.9. The number of rotatable bonds is 5. The van der Waals surface area contributed by atoms with Gasteiger partial charge in [-0.15, -0.1) is 0 Å². The van der Waals surface area contributed by atoms with Gasteiger partial charge in [0.1, 0.15) is 5.82 Å². The molecule has 1 N–H and O–H groups in total. The monoisotopic (exact) mass is 322 g/mol. The van der Waals surface area contributed by atoms with Crippen molar-refractivity contribution in [3.05, 3.63) is 34.2 Å². The molecule has 2 aromatic rings. The summed E-state index contributed by atoms with van der Waals surface area (Å²) in [5, 5.41) is 9.82. The molecule has 2 rings (SSSR count). The number of carbonyl (C=O) groups is 1. The lowest BCUT2D eigenvalue weighted by Gasteiger charge is -2.06. The summed E-state index contributed by atoms with van der Waals surface area (Å²) in [6, 6.07) is 5.36. The summed E-state index contributed by atoms with van der Waals surface area (Å²) < 4.78 is 0.884. The summed E-state index contributed by atoms with van der Waals surface area (Å²) in [4.78, 5) is 19.9. The van der Waals surface area contributed by atoms with Crippen molar-refractivity contribution in [3.8, 4) is 0 Å². The summed E-state index contributed by atoms with van der Waals surface area (Å²) in [7, 11) is 0. The van der Waals surface area contributed by atoms with Gasteiger partial charge in [-0.05, 0) is 24.6 Å². The number of aryl methyl sites for hydroxylation is 1. The van der Waals surface area contributed by atoms with Crippen LogP contribution in [0.15, 0.2) is 22.7 Å². The smallest absolute Gasteiger partial charge is 0.355 e. The van der Waals surface area contributed by atoms with Crippen molar-refractivity contribution in [2.45, 2.75) is 32.6 Å². The summed E-state index contributed by atoms with van der Waals surface area (Å²) >= 11 is 3.37. The van der Waals surface area contributed by atoms with Gasteiger partial charge in [-0.3, -0.25) is 0 Å². The summed E-state index contributed by atoms with van der Waals surface area (Å²) in [5.41, 5.74) is 0.761. The van der Waals surface area contributed by atoms with Crippen LogP contribution in [0, 0.1) is 0 Å². The molecular formula is C14H15BrN2O2. The van der Waals surface area contributed by atoms with Crippen molar-refractivity contribution in [2.75, 3.05) is 0 Å². The molecule has 100 valence electrons. The van der Waals surface area contributed by atoms with Crippen molar-refractivity contribution in [2.24, 2.45) is 0 Å². The standard InChI is InChI=1S/C14H15BrN2O2/c1-2-3-4-5-12-16-11-8-9(15)6-7-10(11)13(17-12)14(18)19/h6-8H,2-5H2,1H3,(H,18,19). The van der Waals surface area contributed by atoms with E-state index < -0.39 is 5.97 Å². The van der Waals surface area contributed by atoms with Crippen LogP contribution in [-0.4, -0.2) is 21.0 Å². The minimum absolute atomic E-state index is 0.0870. The molecule has 19 heavy (non-hydrogen) atoms. The number of unbranched alkanes of at least 4 members (excludes halogenated alkanes) is 2. The second-order valence-electron chi connectivity index (χ2n) is 4.41. The van der Waals surface area contributed by atoms with E-state index in [0.29, 0.717) is 16.7 Å². The van der Waals surface area contributed by atoms with Crippen LogP contribution in [0.25, 0.3) is 10.9 Å². The average molecular weight is 323 g/mol. The predicted molar refractivity (Wildman–Crippen MR) is 77.4 cm³/mol. The van der Waals surface area contributed by atoms with E-state index in [1.165, 1.54) is 0 Å². The topological polar surface area (TPSA) is 63.1 Å². The molecule has 1 heterocycles. The highest BCUT2D eigenvalue weighted by molar-refractivity contribution is 9.10. The maximum atomic E-state index is 11.3. The van der Waals surface area contributed by atoms with E-state index in [9.17, 15) is 9.90 Å². The van der Waals surface area contributed by atoms with E-state index in [4.69, 9.17) is 0 Å². The molecule has 4 nitrogen and oxygen atoms in total. The third kappa shape index (κ3) is 3.29. The Morgan fingerprint density at radius 3 is 2.79 bits per heavy atom. The maximum absolute atomic E-state index is 11.3. The zero-order valence-corrected chi connectivity index (χ0v) is 12.3. The lowest BCUT2D eigenvalue weighted by atomic mass is 10.1. The van der Waals surface area contributed by atoms with Crippen LogP contribution in [0.5, 0.6) is 0 Å². The fourth-order valence-corrected chi connectivity index (χ4v) is 2.31. The molecule has 0 fully saturated rings. The number of benzene rings is 1. The van der Waals surface area contributed by atoms with Crippen molar-refractivity contribution in [3.63, 3.8) is 0 Å². The lowest BCUT2D eigenvalue weighted by molar-refractivity contribution is 0.0692. The molecule has 0 bridgehead atoms. The molecule has 0 radical (unpaired) electrons. The minimum Gasteiger partial charge on any atom is -0.476 e. The number of hydrogen-bond donors (Lipinski definition) is 1. The molecule has 0 unspecified atom stereocenters. The highest BCUT2D eigenvalue weighted by Crippen LogP contribution is 2.21. The van der Waals surface area contributed by atoms with Gasteiger partial charge >= 0.3 is 5.97 Å². The van der Waals surface area contributed by atoms with E-state index >= 15 is 0 Å². The lowest BCUT2D eigenvalue weighted by Crippen LogP contribution is -2.07. The van der Waals surface area contributed by atoms with Crippen LogP contribution < -0.4 is 0 Å². The molecule has 0 amide bonds. The molecule has 0 saturated heterocycles. The number of carboxylic acid groups (broad SMARTS) is 1. The first-order chi connectivity index (χ1) is 9.11. The Balaban J connectivity index is 2.46. The van der Waals surface area contributed by atoms with Crippen molar-refractivity contribution < 1.29 is 9.90 Å². The van der Waals surface area contributed by atoms with Gasteiger partial charge < -0.3 is 5.11 Å². The van der Waals surface area contributed by atoms with Gasteiger partial charge in [0, 0.05) is 16.3 Å². The molecule has 0 saturated carbocycles. The summed E-state index contributed by atoms with van der Waals surface area (Å²) in [5.74, 6) is -0.400. The molecule has 0 aliphatic carbocycles. The number of aromatic nitrogens is 2. The van der Waals surface area contributed by atoms with Crippen LogP contribution >= 0.6 is 15.9 Å². The van der Waals surface area contributed by atoms with Gasteiger partial charge in [0.25, 0.3) is 0 Å². The molecule has 0 atom stereocenters. The molecule has 0 spiro atoms. The molecule has 0 aliphatic rings. The molecule has 0 aliphatic heterocycles. The van der Waals surface area contributed by atoms with E-state index in [2.05, 4.69) is 32.8 Å². The maximum Gasteiger partial charge on any atom is 0.355 e. The molecule has 5 heteroatoms. The second-order valence-corrected chi connectivity index (χ2v) is 5.33. The van der Waals surface area contributed by atoms with E-state index in [0.717, 1.165) is 30.2 Å². The minimum atomic E-state index is -1.01. The molecular weight excluding hydrogens is 308 g/mol. The van der Waals surface area contributed by atoms with Crippen molar-refractivity contribution in [1.29, 1.82) is 0 Å². The third-order valence-electron chi connectivity index (χ3n) is 2.91. The fourth-order valence-electron chi connectivity index (χ4n) is 1.96. The third-order valence-corrected chi connectivity index (χ3v) is 3.41. The Morgan fingerprint density at radius 2 is 2.11 bits per heavy atom.